The topological polar surface area (TPSA) is 34.1 Å². The van der Waals surface area contributed by atoms with Crippen molar-refractivity contribution in [2.24, 2.45) is 0 Å². The van der Waals surface area contributed by atoms with Crippen LogP contribution in [0.4, 0.5) is 0 Å². The van der Waals surface area contributed by atoms with Crippen LogP contribution in [0.1, 0.15) is 11.1 Å². The van der Waals surface area contributed by atoms with E-state index in [0.29, 0.717) is 0 Å². The van der Waals surface area contributed by atoms with Gasteiger partial charge >= 0.3 is 0 Å². The molecule has 2 aromatic rings. The Morgan fingerprint density at radius 3 is 2.16 bits per heavy atom. The predicted octanol–water partition coefficient (Wildman–Crippen LogP) is 4.01. The SMILES string of the molecule is Cc1ccc(S(=O)(=O)/C(Cl)=C/c2ccccc2)cc1. The predicted molar refractivity (Wildman–Crippen MR) is 78.6 cm³/mol. The highest BCUT2D eigenvalue weighted by molar-refractivity contribution is 7.97. The Hall–Kier alpha value is -1.58. The first-order valence-electron chi connectivity index (χ1n) is 5.74. The van der Waals surface area contributed by atoms with Crippen LogP contribution in [-0.2, 0) is 9.84 Å². The molecule has 0 aliphatic rings. The molecule has 0 unspecified atom stereocenters. The molecule has 19 heavy (non-hydrogen) atoms. The summed E-state index contributed by atoms with van der Waals surface area (Å²) in [7, 11) is -3.63. The zero-order chi connectivity index (χ0) is 13.9. The van der Waals surface area contributed by atoms with Crippen molar-refractivity contribution < 1.29 is 8.42 Å². The minimum Gasteiger partial charge on any atom is -0.218 e. The van der Waals surface area contributed by atoms with Crippen molar-refractivity contribution in [2.45, 2.75) is 11.8 Å². The summed E-state index contributed by atoms with van der Waals surface area (Å²) < 4.78 is 24.3. The normalized spacial score (nSPS) is 12.4. The van der Waals surface area contributed by atoms with E-state index in [4.69, 9.17) is 11.6 Å². The van der Waals surface area contributed by atoms with Crippen LogP contribution in [0.25, 0.3) is 6.08 Å². The van der Waals surface area contributed by atoms with Crippen LogP contribution in [-0.4, -0.2) is 8.42 Å². The van der Waals surface area contributed by atoms with Crippen molar-refractivity contribution >= 4 is 27.5 Å². The van der Waals surface area contributed by atoms with Crippen molar-refractivity contribution in [1.82, 2.24) is 0 Å². The molecule has 0 atom stereocenters. The lowest BCUT2D eigenvalue weighted by Crippen LogP contribution is -2.00. The molecule has 0 amide bonds. The van der Waals surface area contributed by atoms with Crippen molar-refractivity contribution in [3.8, 4) is 0 Å². The Labute approximate surface area is 118 Å². The molecule has 4 heteroatoms. The largest absolute Gasteiger partial charge is 0.218 e. The molecule has 2 nitrogen and oxygen atoms in total. The fraction of sp³-hybridized carbons (Fsp3) is 0.0667. The number of hydrogen-bond donors (Lipinski definition) is 0. The molecule has 2 rings (SSSR count). The molecule has 0 N–H and O–H groups in total. The third-order valence-electron chi connectivity index (χ3n) is 2.67. The van der Waals surface area contributed by atoms with Crippen LogP contribution in [0.2, 0.25) is 0 Å². The first-order valence-corrected chi connectivity index (χ1v) is 7.60. The minimum atomic E-state index is -3.63. The van der Waals surface area contributed by atoms with Gasteiger partial charge in [-0.15, -0.1) is 0 Å². The molecule has 0 bridgehead atoms. The van der Waals surface area contributed by atoms with Gasteiger partial charge in [-0.25, -0.2) is 8.42 Å². The maximum absolute atomic E-state index is 12.2. The first kappa shape index (κ1) is 13.8. The lowest BCUT2D eigenvalue weighted by atomic mass is 10.2. The van der Waals surface area contributed by atoms with E-state index in [1.807, 2.05) is 25.1 Å². The van der Waals surface area contributed by atoms with Gasteiger partial charge in [-0.2, -0.15) is 0 Å². The summed E-state index contributed by atoms with van der Waals surface area (Å²) in [6.45, 7) is 1.90. The van der Waals surface area contributed by atoms with Crippen LogP contribution in [0.15, 0.2) is 63.9 Å². The van der Waals surface area contributed by atoms with Crippen LogP contribution in [0, 0.1) is 6.92 Å². The van der Waals surface area contributed by atoms with Gasteiger partial charge in [0.1, 0.15) is 4.36 Å². The number of benzene rings is 2. The Bertz CT molecular complexity index is 687. The average Bonchev–Trinajstić information content (AvgIpc) is 2.40. The van der Waals surface area contributed by atoms with E-state index in [2.05, 4.69) is 0 Å². The summed E-state index contributed by atoms with van der Waals surface area (Å²) >= 11 is 5.95. The summed E-state index contributed by atoms with van der Waals surface area (Å²) in [4.78, 5) is 0.204. The van der Waals surface area contributed by atoms with Gasteiger partial charge in [0.05, 0.1) is 4.90 Å². The second-order valence-corrected chi connectivity index (χ2v) is 6.73. The Balaban J connectivity index is 2.40. The summed E-state index contributed by atoms with van der Waals surface area (Å²) in [5, 5.41) is 0. The van der Waals surface area contributed by atoms with Crippen molar-refractivity contribution in [3.05, 3.63) is 70.1 Å². The summed E-state index contributed by atoms with van der Waals surface area (Å²) in [5.41, 5.74) is 1.75. The van der Waals surface area contributed by atoms with Gasteiger partial charge < -0.3 is 0 Å². The molecule has 2 aromatic carbocycles. The van der Waals surface area contributed by atoms with Crippen molar-refractivity contribution in [3.63, 3.8) is 0 Å². The van der Waals surface area contributed by atoms with E-state index in [9.17, 15) is 8.42 Å². The minimum absolute atomic E-state index is 0.178. The summed E-state index contributed by atoms with van der Waals surface area (Å²) in [6.07, 6.45) is 1.46. The number of halogens is 1. The Morgan fingerprint density at radius 2 is 1.58 bits per heavy atom. The van der Waals surface area contributed by atoms with E-state index in [1.165, 1.54) is 6.08 Å². The molecule has 0 saturated carbocycles. The molecule has 0 aromatic heterocycles. The Morgan fingerprint density at radius 1 is 1.00 bits per heavy atom. The zero-order valence-electron chi connectivity index (χ0n) is 10.4. The third-order valence-corrected chi connectivity index (χ3v) is 4.91. The quantitative estimate of drug-likeness (QED) is 0.856. The van der Waals surface area contributed by atoms with Crippen molar-refractivity contribution in [2.75, 3.05) is 0 Å². The molecular formula is C15H13ClO2S. The zero-order valence-corrected chi connectivity index (χ0v) is 11.9. The second-order valence-electron chi connectivity index (χ2n) is 4.18. The van der Waals surface area contributed by atoms with E-state index in [0.717, 1.165) is 11.1 Å². The van der Waals surface area contributed by atoms with E-state index in [-0.39, 0.29) is 9.26 Å². The lowest BCUT2D eigenvalue weighted by molar-refractivity contribution is 0.604. The monoisotopic (exact) mass is 292 g/mol. The maximum atomic E-state index is 12.2. The lowest BCUT2D eigenvalue weighted by Gasteiger charge is -2.03. The van der Waals surface area contributed by atoms with Gasteiger partial charge in [0.15, 0.2) is 0 Å². The average molecular weight is 293 g/mol. The molecule has 0 fully saturated rings. The van der Waals surface area contributed by atoms with Gasteiger partial charge in [0.25, 0.3) is 0 Å². The summed E-state index contributed by atoms with van der Waals surface area (Å²) in [6, 6.07) is 15.7. The van der Waals surface area contributed by atoms with Crippen LogP contribution in [0.3, 0.4) is 0 Å². The van der Waals surface area contributed by atoms with Gasteiger partial charge in [0.2, 0.25) is 9.84 Å². The number of aryl methyl sites for hydroxylation is 1. The van der Waals surface area contributed by atoms with Crippen molar-refractivity contribution in [1.29, 1.82) is 0 Å². The molecule has 0 aliphatic heterocycles. The standard InChI is InChI=1S/C15H13ClO2S/c1-12-7-9-14(10-8-12)19(17,18)15(16)11-13-5-3-2-4-6-13/h2-11H,1H3/b15-11+. The fourth-order valence-corrected chi connectivity index (χ4v) is 2.99. The highest BCUT2D eigenvalue weighted by Gasteiger charge is 2.18. The number of hydrogen-bond acceptors (Lipinski definition) is 2. The molecule has 98 valence electrons. The third kappa shape index (κ3) is 3.25. The Kier molecular flexibility index (Phi) is 4.08. The van der Waals surface area contributed by atoms with Gasteiger partial charge in [-0.3, -0.25) is 0 Å². The smallest absolute Gasteiger partial charge is 0.217 e. The first-order chi connectivity index (χ1) is 9.00. The van der Waals surface area contributed by atoms with Crippen LogP contribution in [0.5, 0.6) is 0 Å². The molecule has 0 spiro atoms. The van der Waals surface area contributed by atoms with Gasteiger partial charge in [-0.1, -0.05) is 59.6 Å². The van der Waals surface area contributed by atoms with Gasteiger partial charge in [0, 0.05) is 0 Å². The van der Waals surface area contributed by atoms with Crippen LogP contribution >= 0.6 is 11.6 Å². The molecule has 0 radical (unpaired) electrons. The van der Waals surface area contributed by atoms with E-state index < -0.39 is 9.84 Å². The summed E-state index contributed by atoms with van der Waals surface area (Å²) in [5.74, 6) is 0. The highest BCUT2D eigenvalue weighted by atomic mass is 35.5. The molecule has 0 heterocycles. The maximum Gasteiger partial charge on any atom is 0.217 e. The van der Waals surface area contributed by atoms with E-state index >= 15 is 0 Å². The number of rotatable bonds is 3. The highest BCUT2D eigenvalue weighted by Crippen LogP contribution is 2.24. The van der Waals surface area contributed by atoms with Crippen LogP contribution < -0.4 is 0 Å². The molecular weight excluding hydrogens is 280 g/mol. The fourth-order valence-electron chi connectivity index (χ4n) is 1.59. The number of sulfone groups is 1. The van der Waals surface area contributed by atoms with E-state index in [1.54, 1.807) is 36.4 Å². The molecule has 0 saturated heterocycles. The molecule has 0 aliphatic carbocycles. The van der Waals surface area contributed by atoms with Gasteiger partial charge in [-0.05, 0) is 30.7 Å². The second kappa shape index (κ2) is 5.59.